The lowest BCUT2D eigenvalue weighted by atomic mass is 9.98. The van der Waals surface area contributed by atoms with Crippen molar-refractivity contribution >= 4 is 39.2 Å². The van der Waals surface area contributed by atoms with Gasteiger partial charge in [-0.1, -0.05) is 54.1 Å². The zero-order valence-electron chi connectivity index (χ0n) is 23.3. The van der Waals surface area contributed by atoms with E-state index in [0.717, 1.165) is 22.2 Å². The van der Waals surface area contributed by atoms with E-state index in [1.807, 2.05) is 49.4 Å². The molecule has 5 aromatic rings. The first-order chi connectivity index (χ1) is 20.2. The normalized spacial score (nSPS) is 15.0. The van der Waals surface area contributed by atoms with Crippen LogP contribution in [0.15, 0.2) is 54.6 Å². The Labute approximate surface area is 246 Å². The first-order valence-corrected chi connectivity index (χ1v) is 14.2. The molecule has 0 fully saturated rings. The molecule has 1 aliphatic heterocycles. The molecule has 3 aromatic carbocycles. The summed E-state index contributed by atoms with van der Waals surface area (Å²) in [5.74, 6) is -3.59. The van der Waals surface area contributed by atoms with Crippen molar-refractivity contribution < 1.29 is 28.2 Å². The maximum absolute atomic E-state index is 14.9. The average molecular weight is 594 g/mol. The number of hydrogen-bond donors (Lipinski definition) is 1. The van der Waals surface area contributed by atoms with Crippen molar-refractivity contribution in [2.75, 3.05) is 13.2 Å². The van der Waals surface area contributed by atoms with E-state index in [1.54, 1.807) is 23.9 Å². The molecule has 0 saturated heterocycles. The molecule has 6 rings (SSSR count). The number of halogens is 3. The highest BCUT2D eigenvalue weighted by molar-refractivity contribution is 6.35. The lowest BCUT2D eigenvalue weighted by molar-refractivity contribution is -0.0890. The molecule has 0 saturated carbocycles. The van der Waals surface area contributed by atoms with Gasteiger partial charge in [0.2, 0.25) is 0 Å². The number of rotatable bonds is 6. The number of alkyl halides is 2. The van der Waals surface area contributed by atoms with Crippen molar-refractivity contribution in [1.29, 1.82) is 0 Å². The zero-order valence-corrected chi connectivity index (χ0v) is 24.0. The van der Waals surface area contributed by atoms with Gasteiger partial charge in [-0.25, -0.2) is 13.6 Å². The van der Waals surface area contributed by atoms with Crippen molar-refractivity contribution in [1.82, 2.24) is 14.3 Å². The summed E-state index contributed by atoms with van der Waals surface area (Å²) in [6.07, 6.45) is 0.300. The fraction of sp³-hybridized carbons (Fsp3) is 0.312. The van der Waals surface area contributed by atoms with Crippen molar-refractivity contribution in [3.8, 4) is 16.9 Å². The highest BCUT2D eigenvalue weighted by atomic mass is 35.5. The van der Waals surface area contributed by atoms with Crippen molar-refractivity contribution in [3.63, 3.8) is 0 Å². The van der Waals surface area contributed by atoms with Gasteiger partial charge in [-0.15, -0.1) is 0 Å². The number of aromatic nitrogens is 3. The molecule has 0 atom stereocenters. The third-order valence-electron chi connectivity index (χ3n) is 7.97. The Morgan fingerprint density at radius 3 is 2.71 bits per heavy atom. The van der Waals surface area contributed by atoms with E-state index in [0.29, 0.717) is 57.8 Å². The van der Waals surface area contributed by atoms with Gasteiger partial charge < -0.3 is 19.1 Å². The molecule has 0 aliphatic carbocycles. The Hall–Kier alpha value is -3.95. The van der Waals surface area contributed by atoms with E-state index in [-0.39, 0.29) is 18.8 Å². The predicted octanol–water partition coefficient (Wildman–Crippen LogP) is 7.42. The van der Waals surface area contributed by atoms with E-state index in [9.17, 15) is 18.7 Å². The second kappa shape index (κ2) is 11.0. The van der Waals surface area contributed by atoms with Crippen molar-refractivity contribution in [3.05, 3.63) is 82.3 Å². The second-order valence-corrected chi connectivity index (χ2v) is 11.1. The van der Waals surface area contributed by atoms with Crippen LogP contribution < -0.4 is 4.74 Å². The molecule has 1 aliphatic rings. The molecule has 0 bridgehead atoms. The Kier molecular flexibility index (Phi) is 7.41. The number of carboxylic acids is 1. The van der Waals surface area contributed by atoms with Gasteiger partial charge in [-0.05, 0) is 42.8 Å². The summed E-state index contributed by atoms with van der Waals surface area (Å²) in [7, 11) is 1.76. The number of ether oxygens (including phenoxy) is 2. The van der Waals surface area contributed by atoms with E-state index >= 15 is 0 Å². The van der Waals surface area contributed by atoms with E-state index < -0.39 is 24.9 Å². The maximum Gasteiger partial charge on any atom is 0.352 e. The number of benzene rings is 3. The van der Waals surface area contributed by atoms with Gasteiger partial charge >= 0.3 is 5.97 Å². The van der Waals surface area contributed by atoms with Crippen LogP contribution in [0.5, 0.6) is 5.75 Å². The van der Waals surface area contributed by atoms with Crippen LogP contribution in [-0.2, 0) is 31.4 Å². The lowest BCUT2D eigenvalue weighted by Gasteiger charge is -2.18. The molecule has 0 unspecified atom stereocenters. The topological polar surface area (TPSA) is 78.5 Å². The predicted molar refractivity (Wildman–Crippen MR) is 158 cm³/mol. The third-order valence-corrected chi connectivity index (χ3v) is 8.28. The fourth-order valence-corrected chi connectivity index (χ4v) is 6.20. The van der Waals surface area contributed by atoms with Crippen LogP contribution in [-0.4, -0.2) is 44.6 Å². The number of carbonyl (C=O) groups is 1. The number of aryl methyl sites for hydroxylation is 3. The van der Waals surface area contributed by atoms with Crippen molar-refractivity contribution in [2.24, 2.45) is 7.05 Å². The molecule has 7 nitrogen and oxygen atoms in total. The van der Waals surface area contributed by atoms with Crippen LogP contribution in [0.2, 0.25) is 5.02 Å². The zero-order chi connectivity index (χ0) is 29.6. The van der Waals surface area contributed by atoms with Crippen LogP contribution in [0, 0.1) is 6.92 Å². The standard InChI is InChI=1S/C32H30ClF2N3O4/c1-19-27-25(36-37(19)2)17-41-18-32(34,35)14-15-38-29-23(12-13-24(33)28(27)29)22(30(38)31(39)40)10-6-16-42-26-11-5-8-20-7-3-4-9-21(20)26/h3-5,7-9,11-13H,6,10,14-18H2,1-2H3,(H,39,40). The van der Waals surface area contributed by atoms with Gasteiger partial charge in [-0.2, -0.15) is 5.10 Å². The largest absolute Gasteiger partial charge is 0.493 e. The number of hydrogen-bond acceptors (Lipinski definition) is 4. The Morgan fingerprint density at radius 1 is 1.12 bits per heavy atom. The van der Waals surface area contributed by atoms with E-state index in [1.165, 1.54) is 4.57 Å². The summed E-state index contributed by atoms with van der Waals surface area (Å²) in [5, 5.41) is 18.1. The van der Waals surface area contributed by atoms with Crippen LogP contribution in [0.3, 0.4) is 0 Å². The third kappa shape index (κ3) is 5.01. The minimum Gasteiger partial charge on any atom is -0.493 e. The SMILES string of the molecule is Cc1c2c(nn1C)COCC(F)(F)CCn1c(C(=O)O)c(CCCOc3cccc4ccccc34)c3ccc(Cl)c-2c31. The summed E-state index contributed by atoms with van der Waals surface area (Å²) in [6.45, 7) is 1.08. The fourth-order valence-electron chi connectivity index (χ4n) is 5.95. The number of fused-ring (bicyclic) bond motifs is 3. The summed E-state index contributed by atoms with van der Waals surface area (Å²) in [6, 6.07) is 17.3. The molecular weight excluding hydrogens is 564 g/mol. The maximum atomic E-state index is 14.9. The molecule has 1 N–H and O–H groups in total. The Morgan fingerprint density at radius 2 is 1.90 bits per heavy atom. The van der Waals surface area contributed by atoms with Crippen LogP contribution in [0.25, 0.3) is 32.8 Å². The molecule has 42 heavy (non-hydrogen) atoms. The molecular formula is C32H30ClF2N3O4. The van der Waals surface area contributed by atoms with Gasteiger partial charge in [0.25, 0.3) is 5.92 Å². The monoisotopic (exact) mass is 593 g/mol. The lowest BCUT2D eigenvalue weighted by Crippen LogP contribution is -2.26. The van der Waals surface area contributed by atoms with Crippen molar-refractivity contribution in [2.45, 2.75) is 45.3 Å². The van der Waals surface area contributed by atoms with Crippen LogP contribution in [0.1, 0.15) is 40.3 Å². The molecule has 218 valence electrons. The molecule has 3 heterocycles. The first-order valence-electron chi connectivity index (χ1n) is 13.8. The molecule has 0 amide bonds. The minimum atomic E-state index is -3.16. The number of nitrogens with zero attached hydrogens (tertiary/aromatic N) is 3. The summed E-state index contributed by atoms with van der Waals surface area (Å²) < 4.78 is 44.5. The van der Waals surface area contributed by atoms with Gasteiger partial charge in [0, 0.05) is 47.6 Å². The molecule has 0 spiro atoms. The van der Waals surface area contributed by atoms with Gasteiger partial charge in [0.1, 0.15) is 18.1 Å². The van der Waals surface area contributed by atoms with E-state index in [4.69, 9.17) is 21.1 Å². The molecule has 2 aromatic heterocycles. The van der Waals surface area contributed by atoms with E-state index in [2.05, 4.69) is 5.10 Å². The van der Waals surface area contributed by atoms with Gasteiger partial charge in [0.05, 0.1) is 29.4 Å². The number of carboxylic acid groups (broad SMARTS) is 1. The quantitative estimate of drug-likeness (QED) is 0.207. The Bertz CT molecular complexity index is 1820. The van der Waals surface area contributed by atoms with Gasteiger partial charge in [0.15, 0.2) is 0 Å². The highest BCUT2D eigenvalue weighted by Gasteiger charge is 2.34. The first kappa shape index (κ1) is 28.2. The molecule has 10 heteroatoms. The van der Waals surface area contributed by atoms with Crippen LogP contribution >= 0.6 is 11.6 Å². The summed E-state index contributed by atoms with van der Waals surface area (Å²) in [4.78, 5) is 12.8. The molecule has 0 radical (unpaired) electrons. The average Bonchev–Trinajstić information content (AvgIpc) is 3.42. The number of aromatic carboxylic acids is 1. The Balaban J connectivity index is 1.45. The van der Waals surface area contributed by atoms with Gasteiger partial charge in [-0.3, -0.25) is 4.68 Å². The summed E-state index contributed by atoms with van der Waals surface area (Å²) in [5.41, 5.74) is 3.54. The second-order valence-electron chi connectivity index (χ2n) is 10.7. The highest BCUT2D eigenvalue weighted by Crippen LogP contribution is 2.43. The smallest absolute Gasteiger partial charge is 0.352 e. The summed E-state index contributed by atoms with van der Waals surface area (Å²) >= 11 is 6.81. The van der Waals surface area contributed by atoms with Crippen LogP contribution in [0.4, 0.5) is 8.78 Å². The minimum absolute atomic E-state index is 0.0160.